The molecule has 1 aliphatic rings. The third kappa shape index (κ3) is 4.09. The summed E-state index contributed by atoms with van der Waals surface area (Å²) in [6, 6.07) is 3.89. The highest BCUT2D eigenvalue weighted by molar-refractivity contribution is 7.89. The van der Waals surface area contributed by atoms with Crippen molar-refractivity contribution in [2.24, 2.45) is 5.41 Å². The number of rotatable bonds is 6. The van der Waals surface area contributed by atoms with E-state index in [1.54, 1.807) is 6.92 Å². The minimum absolute atomic E-state index is 0.0428. The molecule has 1 unspecified atom stereocenters. The third-order valence-corrected chi connectivity index (χ3v) is 7.28. The van der Waals surface area contributed by atoms with Crippen molar-refractivity contribution in [2.45, 2.75) is 22.6 Å². The van der Waals surface area contributed by atoms with Crippen molar-refractivity contribution in [2.75, 3.05) is 26.0 Å². The van der Waals surface area contributed by atoms with Gasteiger partial charge >= 0.3 is 5.97 Å². The molecule has 1 aromatic carbocycles. The van der Waals surface area contributed by atoms with Gasteiger partial charge in [-0.2, -0.15) is 0 Å². The van der Waals surface area contributed by atoms with E-state index in [1.807, 2.05) is 0 Å². The van der Waals surface area contributed by atoms with Crippen LogP contribution in [0.4, 0.5) is 5.69 Å². The number of hydrogen-bond acceptors (Lipinski definition) is 5. The predicted molar refractivity (Wildman–Crippen MR) is 99.1 cm³/mol. The van der Waals surface area contributed by atoms with Gasteiger partial charge in [0, 0.05) is 20.5 Å². The van der Waals surface area contributed by atoms with Crippen LogP contribution in [0, 0.1) is 5.41 Å². The number of sulfonamides is 1. The number of carbonyl (C=O) groups excluding carboxylic acids is 2. The molecule has 1 N–H and O–H groups in total. The van der Waals surface area contributed by atoms with E-state index in [-0.39, 0.29) is 22.0 Å². The first-order chi connectivity index (χ1) is 11.8. The number of amides is 1. The highest BCUT2D eigenvalue weighted by Gasteiger charge is 2.69. The molecule has 11 heteroatoms. The molecule has 1 amide bonds. The molecule has 1 aromatic rings. The average molecular weight is 444 g/mol. The Morgan fingerprint density at radius 2 is 1.88 bits per heavy atom. The topological polar surface area (TPSA) is 92.8 Å². The Balaban J connectivity index is 2.04. The maximum Gasteiger partial charge on any atom is 0.315 e. The minimum Gasteiger partial charge on any atom is -0.455 e. The number of hydrogen-bond donors (Lipinski definition) is 1. The number of alkyl halides is 2. The fraction of sp³-hybridized carbons (Fsp3) is 0.467. The standard InChI is InChI=1S/C15H17Cl3N2O5S/c1-14(8-15(14,17)18)13(22)25-7-12(21)19-11-6-9(4-5-10(11)16)26(23,24)20(2)3/h4-6H,7-8H2,1-3H3,(H,19,21). The molecule has 0 saturated heterocycles. The summed E-state index contributed by atoms with van der Waals surface area (Å²) in [5.74, 6) is -1.37. The highest BCUT2D eigenvalue weighted by Crippen LogP contribution is 2.64. The molecule has 26 heavy (non-hydrogen) atoms. The summed E-state index contributed by atoms with van der Waals surface area (Å²) in [5.41, 5.74) is -0.967. The third-order valence-electron chi connectivity index (χ3n) is 4.03. The lowest BCUT2D eigenvalue weighted by Gasteiger charge is -2.14. The summed E-state index contributed by atoms with van der Waals surface area (Å²) < 4.78 is 29.1. The molecule has 1 fully saturated rings. The first-order valence-electron chi connectivity index (χ1n) is 7.38. The highest BCUT2D eigenvalue weighted by atomic mass is 35.5. The van der Waals surface area contributed by atoms with Gasteiger partial charge in [-0.1, -0.05) is 11.6 Å². The van der Waals surface area contributed by atoms with Gasteiger partial charge in [0.2, 0.25) is 10.0 Å². The normalized spacial score (nSPS) is 21.3. The smallest absolute Gasteiger partial charge is 0.315 e. The van der Waals surface area contributed by atoms with Crippen molar-refractivity contribution in [1.82, 2.24) is 4.31 Å². The Hall–Kier alpha value is -1.06. The Bertz CT molecular complexity index is 857. The van der Waals surface area contributed by atoms with Crippen LogP contribution in [0.25, 0.3) is 0 Å². The van der Waals surface area contributed by atoms with E-state index in [0.29, 0.717) is 0 Å². The van der Waals surface area contributed by atoms with Gasteiger partial charge in [0.25, 0.3) is 5.91 Å². The van der Waals surface area contributed by atoms with E-state index >= 15 is 0 Å². The van der Waals surface area contributed by atoms with Crippen molar-refractivity contribution in [1.29, 1.82) is 0 Å². The van der Waals surface area contributed by atoms with Crippen LogP contribution >= 0.6 is 34.8 Å². The molecule has 0 spiro atoms. The zero-order valence-electron chi connectivity index (χ0n) is 14.2. The van der Waals surface area contributed by atoms with E-state index in [2.05, 4.69) is 5.32 Å². The van der Waals surface area contributed by atoms with Gasteiger partial charge in [0.05, 0.1) is 15.6 Å². The van der Waals surface area contributed by atoms with E-state index in [4.69, 9.17) is 39.5 Å². The van der Waals surface area contributed by atoms with Crippen LogP contribution in [0.3, 0.4) is 0 Å². The van der Waals surface area contributed by atoms with Crippen LogP contribution in [-0.4, -0.2) is 49.6 Å². The van der Waals surface area contributed by atoms with Crippen LogP contribution in [-0.2, 0) is 24.3 Å². The number of nitrogens with zero attached hydrogens (tertiary/aromatic N) is 1. The predicted octanol–water partition coefficient (Wildman–Crippen LogP) is 2.66. The second-order valence-corrected chi connectivity index (χ2v) is 10.3. The summed E-state index contributed by atoms with van der Waals surface area (Å²) in [6.45, 7) is 0.957. The Kier molecular flexibility index (Phi) is 5.85. The molecule has 0 bridgehead atoms. The summed E-state index contributed by atoms with van der Waals surface area (Å²) in [6.07, 6.45) is 0.236. The molecule has 2 rings (SSSR count). The van der Waals surface area contributed by atoms with Crippen LogP contribution in [0.15, 0.2) is 23.1 Å². The number of ether oxygens (including phenoxy) is 1. The molecular formula is C15H17Cl3N2O5S. The molecule has 1 atom stereocenters. The lowest BCUT2D eigenvalue weighted by Crippen LogP contribution is -2.27. The maximum absolute atomic E-state index is 12.2. The van der Waals surface area contributed by atoms with Crippen molar-refractivity contribution < 1.29 is 22.7 Å². The fourth-order valence-electron chi connectivity index (χ4n) is 2.07. The zero-order chi connectivity index (χ0) is 19.9. The second-order valence-electron chi connectivity index (χ2n) is 6.27. The summed E-state index contributed by atoms with van der Waals surface area (Å²) in [7, 11) is -0.927. The van der Waals surface area contributed by atoms with Gasteiger partial charge < -0.3 is 10.1 Å². The number of benzene rings is 1. The van der Waals surface area contributed by atoms with Gasteiger partial charge in [-0.3, -0.25) is 9.59 Å². The molecule has 144 valence electrons. The van der Waals surface area contributed by atoms with E-state index < -0.39 is 38.3 Å². The van der Waals surface area contributed by atoms with E-state index in [1.165, 1.54) is 32.3 Å². The quantitative estimate of drug-likeness (QED) is 0.539. The van der Waals surface area contributed by atoms with Gasteiger partial charge in [-0.05, 0) is 25.1 Å². The van der Waals surface area contributed by atoms with Crippen molar-refractivity contribution in [3.63, 3.8) is 0 Å². The molecule has 0 radical (unpaired) electrons. The lowest BCUT2D eigenvalue weighted by molar-refractivity contribution is -0.152. The number of esters is 1. The van der Waals surface area contributed by atoms with Gasteiger partial charge in [0.1, 0.15) is 9.75 Å². The lowest BCUT2D eigenvalue weighted by atomic mass is 10.1. The molecular weight excluding hydrogens is 427 g/mol. The number of halogens is 3. The molecule has 0 aromatic heterocycles. The number of carbonyl (C=O) groups is 2. The SMILES string of the molecule is CN(C)S(=O)(=O)c1ccc(Cl)c(NC(=O)COC(=O)C2(C)CC2(Cl)Cl)c1. The summed E-state index contributed by atoms with van der Waals surface area (Å²) in [4.78, 5) is 23.9. The number of nitrogens with one attached hydrogen (secondary N) is 1. The molecule has 1 aliphatic carbocycles. The zero-order valence-corrected chi connectivity index (χ0v) is 17.3. The largest absolute Gasteiger partial charge is 0.455 e. The van der Waals surface area contributed by atoms with Gasteiger partial charge in [0.15, 0.2) is 6.61 Å². The van der Waals surface area contributed by atoms with Crippen LogP contribution in [0.1, 0.15) is 13.3 Å². The van der Waals surface area contributed by atoms with Crippen LogP contribution < -0.4 is 5.32 Å². The van der Waals surface area contributed by atoms with Gasteiger partial charge in [-0.25, -0.2) is 12.7 Å². The van der Waals surface area contributed by atoms with Crippen molar-refractivity contribution in [3.05, 3.63) is 23.2 Å². The maximum atomic E-state index is 12.2. The Morgan fingerprint density at radius 1 is 1.31 bits per heavy atom. The first kappa shape index (κ1) is 21.2. The monoisotopic (exact) mass is 442 g/mol. The van der Waals surface area contributed by atoms with Crippen LogP contribution in [0.5, 0.6) is 0 Å². The van der Waals surface area contributed by atoms with Crippen LogP contribution in [0.2, 0.25) is 5.02 Å². The van der Waals surface area contributed by atoms with Gasteiger partial charge in [-0.15, -0.1) is 23.2 Å². The van der Waals surface area contributed by atoms with Crippen molar-refractivity contribution >= 4 is 62.4 Å². The van der Waals surface area contributed by atoms with E-state index in [0.717, 1.165) is 4.31 Å². The summed E-state index contributed by atoms with van der Waals surface area (Å²) >= 11 is 17.7. The first-order valence-corrected chi connectivity index (χ1v) is 9.96. The van der Waals surface area contributed by atoms with E-state index in [9.17, 15) is 18.0 Å². The Labute approximate surface area is 166 Å². The molecule has 7 nitrogen and oxygen atoms in total. The average Bonchev–Trinajstić information content (AvgIpc) is 3.06. The Morgan fingerprint density at radius 3 is 2.38 bits per heavy atom. The van der Waals surface area contributed by atoms with Crippen molar-refractivity contribution in [3.8, 4) is 0 Å². The molecule has 0 aliphatic heterocycles. The fourth-order valence-corrected chi connectivity index (χ4v) is 3.85. The minimum atomic E-state index is -3.69. The summed E-state index contributed by atoms with van der Waals surface area (Å²) in [5, 5.41) is 2.55. The molecule has 1 saturated carbocycles. The number of anilines is 1. The molecule has 0 heterocycles. The second kappa shape index (κ2) is 7.16.